The first-order chi connectivity index (χ1) is 16.0. The number of aliphatic hydroxyl groups excluding tert-OH is 1. The summed E-state index contributed by atoms with van der Waals surface area (Å²) in [4.78, 5) is 11.8. The third-order valence-corrected chi connectivity index (χ3v) is 11.5. The molecule has 0 aliphatic carbocycles. The van der Waals surface area contributed by atoms with Crippen LogP contribution < -0.4 is 10.4 Å². The van der Waals surface area contributed by atoms with Crippen LogP contribution in [0.2, 0.25) is 5.04 Å². The molecule has 34 heavy (non-hydrogen) atoms. The maximum Gasteiger partial charge on any atom is 0.337 e. The van der Waals surface area contributed by atoms with E-state index < -0.39 is 26.0 Å². The van der Waals surface area contributed by atoms with Gasteiger partial charge >= 0.3 is 5.97 Å². The van der Waals surface area contributed by atoms with Crippen LogP contribution in [-0.4, -0.2) is 49.4 Å². The van der Waals surface area contributed by atoms with Crippen molar-refractivity contribution in [1.29, 1.82) is 0 Å². The van der Waals surface area contributed by atoms with Crippen LogP contribution in [0.5, 0.6) is 0 Å². The molecule has 2 rings (SSSR count). The van der Waals surface area contributed by atoms with Gasteiger partial charge in [0, 0.05) is 6.61 Å². The smallest absolute Gasteiger partial charge is 0.337 e. The van der Waals surface area contributed by atoms with Crippen LogP contribution >= 0.6 is 0 Å². The van der Waals surface area contributed by atoms with E-state index in [-0.39, 0.29) is 17.6 Å². The summed E-state index contributed by atoms with van der Waals surface area (Å²) in [5, 5.41) is 23.2. The van der Waals surface area contributed by atoms with Crippen molar-refractivity contribution in [2.75, 3.05) is 13.2 Å². The normalized spacial score (nSPS) is 15.9. The van der Waals surface area contributed by atoms with Crippen LogP contribution in [-0.2, 0) is 14.0 Å². The molecular formula is C28H42O5Si. The van der Waals surface area contributed by atoms with Crippen molar-refractivity contribution in [1.82, 2.24) is 0 Å². The van der Waals surface area contributed by atoms with Gasteiger partial charge in [0.1, 0.15) is 0 Å². The van der Waals surface area contributed by atoms with Gasteiger partial charge in [0.25, 0.3) is 8.32 Å². The van der Waals surface area contributed by atoms with E-state index in [0.29, 0.717) is 19.4 Å². The van der Waals surface area contributed by atoms with Gasteiger partial charge in [-0.3, -0.25) is 0 Å². The Bertz CT molecular complexity index is 837. The summed E-state index contributed by atoms with van der Waals surface area (Å²) in [6.07, 6.45) is 0.228. The fourth-order valence-corrected chi connectivity index (χ4v) is 9.22. The molecule has 0 saturated heterocycles. The molecule has 5 nitrogen and oxygen atoms in total. The molecule has 0 aromatic heterocycles. The Morgan fingerprint density at radius 1 is 0.971 bits per heavy atom. The van der Waals surface area contributed by atoms with Gasteiger partial charge in [0.05, 0.1) is 12.2 Å². The van der Waals surface area contributed by atoms with Gasteiger partial charge in [-0.15, -0.1) is 0 Å². The Labute approximate surface area is 206 Å². The fourth-order valence-electron chi connectivity index (χ4n) is 4.53. The molecule has 0 radical (unpaired) electrons. The Morgan fingerprint density at radius 2 is 1.47 bits per heavy atom. The minimum Gasteiger partial charge on any atom is -0.464 e. The molecular weight excluding hydrogens is 444 g/mol. The van der Waals surface area contributed by atoms with Crippen LogP contribution in [0.4, 0.5) is 0 Å². The number of carbonyl (C=O) groups is 1. The number of benzene rings is 2. The molecule has 0 heterocycles. The lowest BCUT2D eigenvalue weighted by Gasteiger charge is -2.43. The number of carbonyl (C=O) groups excluding carboxylic acids is 1. The van der Waals surface area contributed by atoms with Crippen LogP contribution in [0.1, 0.15) is 60.8 Å². The maximum absolute atomic E-state index is 11.8. The summed E-state index contributed by atoms with van der Waals surface area (Å²) in [5.41, 5.74) is -1.52. The van der Waals surface area contributed by atoms with Crippen molar-refractivity contribution >= 4 is 24.7 Å². The molecule has 2 N–H and O–H groups in total. The molecule has 188 valence electrons. The summed E-state index contributed by atoms with van der Waals surface area (Å²) in [6.45, 7) is 12.9. The molecule has 0 bridgehead atoms. The molecule has 0 spiro atoms. The van der Waals surface area contributed by atoms with Crippen LogP contribution in [0.15, 0.2) is 60.7 Å². The minimum absolute atomic E-state index is 0.0805. The van der Waals surface area contributed by atoms with E-state index in [4.69, 9.17) is 9.16 Å². The minimum atomic E-state index is -2.58. The van der Waals surface area contributed by atoms with Gasteiger partial charge in [-0.05, 0) is 48.0 Å². The van der Waals surface area contributed by atoms with Crippen LogP contribution in [0, 0.1) is 5.92 Å². The van der Waals surface area contributed by atoms with Crippen molar-refractivity contribution in [3.05, 3.63) is 60.7 Å². The maximum atomic E-state index is 11.8. The highest BCUT2D eigenvalue weighted by Gasteiger charge is 2.50. The second kappa shape index (κ2) is 12.1. The number of hydrogen-bond donors (Lipinski definition) is 2. The van der Waals surface area contributed by atoms with Crippen molar-refractivity contribution in [3.63, 3.8) is 0 Å². The topological polar surface area (TPSA) is 76.0 Å². The summed E-state index contributed by atoms with van der Waals surface area (Å²) < 4.78 is 11.8. The summed E-state index contributed by atoms with van der Waals surface area (Å²) >= 11 is 0. The first kappa shape index (κ1) is 28.2. The van der Waals surface area contributed by atoms with Gasteiger partial charge in [0.2, 0.25) is 0 Å². The molecule has 3 atom stereocenters. The largest absolute Gasteiger partial charge is 0.464 e. The highest BCUT2D eigenvalue weighted by Crippen LogP contribution is 2.37. The molecule has 6 heteroatoms. The second-order valence-corrected chi connectivity index (χ2v) is 14.8. The first-order valence-electron chi connectivity index (χ1n) is 12.3. The summed E-state index contributed by atoms with van der Waals surface area (Å²) in [6, 6.07) is 21.1. The van der Waals surface area contributed by atoms with Crippen molar-refractivity contribution < 1.29 is 24.2 Å². The Kier molecular flexibility index (Phi) is 10.1. The fraction of sp³-hybridized carbons (Fsp3) is 0.536. The van der Waals surface area contributed by atoms with Crippen molar-refractivity contribution in [3.8, 4) is 0 Å². The number of ether oxygens (including phenoxy) is 1. The standard InChI is InChI=1S/C28H42O5Si/c1-7-32-26(30)25(29)28(6,31)20-14-15-22(2)21-33-34(27(3,4)5,23-16-10-8-11-17-23)24-18-12-9-13-19-24/h8-13,16-19,22,25,29,31H,7,14-15,20-21H2,1-6H3/t22?,25-,28+/m1/s1. The third-order valence-electron chi connectivity index (χ3n) is 6.48. The highest BCUT2D eigenvalue weighted by molar-refractivity contribution is 6.99. The van der Waals surface area contributed by atoms with Crippen molar-refractivity contribution in [2.24, 2.45) is 5.92 Å². The third kappa shape index (κ3) is 6.78. The lowest BCUT2D eigenvalue weighted by atomic mass is 9.91. The van der Waals surface area contributed by atoms with Gasteiger partial charge in [0.15, 0.2) is 6.10 Å². The number of aliphatic hydroxyl groups is 2. The van der Waals surface area contributed by atoms with Gasteiger partial charge in [-0.2, -0.15) is 0 Å². The van der Waals surface area contributed by atoms with E-state index in [2.05, 4.69) is 76.2 Å². The average Bonchev–Trinajstić information content (AvgIpc) is 2.79. The molecule has 0 saturated carbocycles. The predicted octanol–water partition coefficient (Wildman–Crippen LogP) is 4.04. The average molecular weight is 487 g/mol. The van der Waals surface area contributed by atoms with E-state index in [0.717, 1.165) is 6.42 Å². The molecule has 0 amide bonds. The number of rotatable bonds is 12. The van der Waals surface area contributed by atoms with E-state index in [1.165, 1.54) is 17.3 Å². The van der Waals surface area contributed by atoms with E-state index in [1.54, 1.807) is 6.92 Å². The zero-order valence-corrected chi connectivity index (χ0v) is 22.6. The van der Waals surface area contributed by atoms with E-state index in [9.17, 15) is 15.0 Å². The van der Waals surface area contributed by atoms with Gasteiger partial charge < -0.3 is 19.4 Å². The van der Waals surface area contributed by atoms with E-state index in [1.807, 2.05) is 12.1 Å². The monoisotopic (exact) mass is 486 g/mol. The lowest BCUT2D eigenvalue weighted by Crippen LogP contribution is -2.66. The predicted molar refractivity (Wildman–Crippen MR) is 140 cm³/mol. The molecule has 2 aromatic rings. The zero-order chi connectivity index (χ0) is 25.4. The lowest BCUT2D eigenvalue weighted by molar-refractivity contribution is -0.168. The van der Waals surface area contributed by atoms with Crippen LogP contribution in [0.3, 0.4) is 0 Å². The highest BCUT2D eigenvalue weighted by atomic mass is 28.4. The van der Waals surface area contributed by atoms with E-state index >= 15 is 0 Å². The zero-order valence-electron chi connectivity index (χ0n) is 21.6. The van der Waals surface area contributed by atoms with Crippen LogP contribution in [0.25, 0.3) is 0 Å². The quantitative estimate of drug-likeness (QED) is 0.350. The SMILES string of the molecule is CCOC(=O)[C@@H](O)[C@@](C)(O)CCCC(C)CO[Si](c1ccccc1)(c1ccccc1)C(C)(C)C. The van der Waals surface area contributed by atoms with Gasteiger partial charge in [-0.25, -0.2) is 4.79 Å². The Morgan fingerprint density at radius 3 is 1.91 bits per heavy atom. The first-order valence-corrected chi connectivity index (χ1v) is 14.2. The Balaban J connectivity index is 2.13. The number of esters is 1. The molecule has 0 aliphatic rings. The molecule has 0 aliphatic heterocycles. The molecule has 2 aromatic carbocycles. The molecule has 0 fully saturated rings. The van der Waals surface area contributed by atoms with Gasteiger partial charge in [-0.1, -0.05) is 94.8 Å². The van der Waals surface area contributed by atoms with Crippen molar-refractivity contribution in [2.45, 2.75) is 77.5 Å². The summed E-state index contributed by atoms with van der Waals surface area (Å²) in [7, 11) is -2.58. The summed E-state index contributed by atoms with van der Waals surface area (Å²) in [5.74, 6) is -0.534. The molecule has 1 unspecified atom stereocenters. The Hall–Kier alpha value is -1.99. The number of hydrogen-bond acceptors (Lipinski definition) is 5. The second-order valence-electron chi connectivity index (χ2n) is 10.5.